The van der Waals surface area contributed by atoms with E-state index in [9.17, 15) is 8.42 Å². The molecular formula is C10H15NO3S. The summed E-state index contributed by atoms with van der Waals surface area (Å²) in [5, 5.41) is 8.88. The third-order valence-corrected chi connectivity index (χ3v) is 3.11. The molecule has 1 aromatic rings. The summed E-state index contributed by atoms with van der Waals surface area (Å²) < 4.78 is 59.8. The monoisotopic (exact) mass is 234 g/mol. The van der Waals surface area contributed by atoms with E-state index in [4.69, 9.17) is 17.7 Å². The SMILES string of the molecule is [2H]C([2H])([2H])C([2H])([2H])S(=O)(=O)c1ccc(C(N)CO)cc1. The summed E-state index contributed by atoms with van der Waals surface area (Å²) in [6, 6.07) is 4.08. The van der Waals surface area contributed by atoms with Crippen LogP contribution in [0.15, 0.2) is 29.2 Å². The Balaban J connectivity index is 3.24. The van der Waals surface area contributed by atoms with Crippen LogP contribution in [0.2, 0.25) is 0 Å². The summed E-state index contributed by atoms with van der Waals surface area (Å²) >= 11 is 0. The van der Waals surface area contributed by atoms with Gasteiger partial charge in [0.1, 0.15) is 0 Å². The molecule has 3 N–H and O–H groups in total. The highest BCUT2D eigenvalue weighted by Crippen LogP contribution is 2.15. The Kier molecular flexibility index (Phi) is 2.09. The number of aliphatic hydroxyl groups is 1. The van der Waals surface area contributed by atoms with Crippen molar-refractivity contribution in [3.63, 3.8) is 0 Å². The lowest BCUT2D eigenvalue weighted by molar-refractivity contribution is 0.268. The van der Waals surface area contributed by atoms with Gasteiger partial charge < -0.3 is 10.8 Å². The summed E-state index contributed by atoms with van der Waals surface area (Å²) in [4.78, 5) is -0.451. The topological polar surface area (TPSA) is 80.4 Å². The van der Waals surface area contributed by atoms with E-state index in [1.54, 1.807) is 0 Å². The van der Waals surface area contributed by atoms with Crippen LogP contribution in [0.4, 0.5) is 0 Å². The van der Waals surface area contributed by atoms with Gasteiger partial charge in [-0.1, -0.05) is 19.0 Å². The van der Waals surface area contributed by atoms with Crippen molar-refractivity contribution in [1.29, 1.82) is 0 Å². The molecule has 1 unspecified atom stereocenters. The molecule has 0 aliphatic heterocycles. The van der Waals surface area contributed by atoms with Gasteiger partial charge in [-0.05, 0) is 17.7 Å². The number of rotatable bonds is 4. The van der Waals surface area contributed by atoms with E-state index in [1.807, 2.05) is 0 Å². The van der Waals surface area contributed by atoms with Gasteiger partial charge in [0, 0.05) is 6.85 Å². The predicted octanol–water partition coefficient (Wildman–Crippen LogP) is 0.472. The van der Waals surface area contributed by atoms with Crippen molar-refractivity contribution in [2.45, 2.75) is 17.8 Å². The molecule has 0 fully saturated rings. The molecule has 0 aliphatic carbocycles. The van der Waals surface area contributed by atoms with Crippen LogP contribution in [0.5, 0.6) is 0 Å². The third kappa shape index (κ3) is 2.77. The lowest BCUT2D eigenvalue weighted by Gasteiger charge is -2.09. The van der Waals surface area contributed by atoms with Crippen LogP contribution in [0, 0.1) is 0 Å². The zero-order valence-corrected chi connectivity index (χ0v) is 8.66. The first-order chi connectivity index (χ1) is 8.95. The number of benzene rings is 1. The minimum Gasteiger partial charge on any atom is -0.394 e. The summed E-state index contributed by atoms with van der Waals surface area (Å²) in [6.45, 7) is -3.63. The van der Waals surface area contributed by atoms with Gasteiger partial charge in [0.25, 0.3) is 0 Å². The van der Waals surface area contributed by atoms with Crippen LogP contribution in [-0.4, -0.2) is 25.8 Å². The van der Waals surface area contributed by atoms with Gasteiger partial charge in [-0.3, -0.25) is 0 Å². The molecule has 5 heteroatoms. The fourth-order valence-electron chi connectivity index (χ4n) is 1.06. The van der Waals surface area contributed by atoms with Crippen LogP contribution < -0.4 is 5.73 Å². The van der Waals surface area contributed by atoms with Crippen molar-refractivity contribution in [3.05, 3.63) is 29.8 Å². The Hall–Kier alpha value is -0.910. The van der Waals surface area contributed by atoms with Gasteiger partial charge in [-0.15, -0.1) is 0 Å². The average Bonchev–Trinajstić information content (AvgIpc) is 2.36. The highest BCUT2D eigenvalue weighted by Gasteiger charge is 2.12. The maximum Gasteiger partial charge on any atom is 0.178 e. The fourth-order valence-corrected chi connectivity index (χ4v) is 1.67. The summed E-state index contributed by atoms with van der Waals surface area (Å²) in [6.07, 6.45) is 0. The van der Waals surface area contributed by atoms with E-state index in [-0.39, 0.29) is 6.61 Å². The van der Waals surface area contributed by atoms with Crippen LogP contribution in [-0.2, 0) is 9.84 Å². The molecule has 4 nitrogen and oxygen atoms in total. The fraction of sp³-hybridized carbons (Fsp3) is 0.400. The molecule has 0 bridgehead atoms. The lowest BCUT2D eigenvalue weighted by Crippen LogP contribution is -2.14. The lowest BCUT2D eigenvalue weighted by atomic mass is 10.1. The molecule has 0 aliphatic rings. The van der Waals surface area contributed by atoms with Gasteiger partial charge in [0.05, 0.1) is 23.2 Å². The van der Waals surface area contributed by atoms with E-state index in [0.717, 1.165) is 12.1 Å². The first-order valence-corrected chi connectivity index (χ1v) is 5.64. The van der Waals surface area contributed by atoms with E-state index in [2.05, 4.69) is 0 Å². The normalized spacial score (nSPS) is 20.5. The number of hydrogen-bond acceptors (Lipinski definition) is 4. The van der Waals surface area contributed by atoms with Gasteiger partial charge in [-0.2, -0.15) is 0 Å². The smallest absolute Gasteiger partial charge is 0.178 e. The molecule has 0 saturated carbocycles. The van der Waals surface area contributed by atoms with Crippen LogP contribution >= 0.6 is 0 Å². The number of hydrogen-bond donors (Lipinski definition) is 2. The molecule has 0 aromatic heterocycles. The van der Waals surface area contributed by atoms with E-state index < -0.39 is 33.3 Å². The minimum absolute atomic E-state index is 0.331. The van der Waals surface area contributed by atoms with Crippen molar-refractivity contribution >= 4 is 9.84 Å². The Morgan fingerprint density at radius 2 is 2.13 bits per heavy atom. The number of nitrogens with two attached hydrogens (primary N) is 1. The zero-order chi connectivity index (χ0) is 15.8. The van der Waals surface area contributed by atoms with Crippen molar-refractivity contribution < 1.29 is 20.4 Å². The van der Waals surface area contributed by atoms with Crippen LogP contribution in [0.3, 0.4) is 0 Å². The highest BCUT2D eigenvalue weighted by molar-refractivity contribution is 7.91. The number of sulfone groups is 1. The maximum atomic E-state index is 12.0. The molecule has 1 atom stereocenters. The predicted molar refractivity (Wildman–Crippen MR) is 58.2 cm³/mol. The largest absolute Gasteiger partial charge is 0.394 e. The van der Waals surface area contributed by atoms with E-state index >= 15 is 0 Å². The van der Waals surface area contributed by atoms with Gasteiger partial charge in [-0.25, -0.2) is 8.42 Å². The Labute approximate surface area is 96.7 Å². The van der Waals surface area contributed by atoms with E-state index in [0.29, 0.717) is 5.56 Å². The van der Waals surface area contributed by atoms with Crippen molar-refractivity contribution in [3.8, 4) is 0 Å². The molecule has 0 amide bonds. The second-order valence-corrected chi connectivity index (χ2v) is 4.65. The molecule has 0 saturated heterocycles. The zero-order valence-electron chi connectivity index (χ0n) is 12.8. The molecule has 15 heavy (non-hydrogen) atoms. The third-order valence-electron chi connectivity index (χ3n) is 1.95. The summed E-state index contributed by atoms with van der Waals surface area (Å²) in [7, 11) is -4.68. The molecular weight excluding hydrogens is 214 g/mol. The number of aliphatic hydroxyl groups excluding tert-OH is 1. The van der Waals surface area contributed by atoms with Gasteiger partial charge in [0.2, 0.25) is 0 Å². The van der Waals surface area contributed by atoms with Crippen molar-refractivity contribution in [2.24, 2.45) is 5.73 Å². The molecule has 0 spiro atoms. The van der Waals surface area contributed by atoms with E-state index in [1.165, 1.54) is 12.1 Å². The van der Waals surface area contributed by atoms with Crippen LogP contribution in [0.1, 0.15) is 25.3 Å². The molecule has 1 rings (SSSR count). The maximum absolute atomic E-state index is 12.0. The quantitative estimate of drug-likeness (QED) is 0.793. The average molecular weight is 234 g/mol. The first kappa shape index (κ1) is 6.62. The highest BCUT2D eigenvalue weighted by atomic mass is 32.2. The summed E-state index contributed by atoms with van der Waals surface area (Å²) in [5.74, 6) is 0. The van der Waals surface area contributed by atoms with Gasteiger partial charge in [0.15, 0.2) is 9.84 Å². The Bertz CT molecular complexity index is 568. The molecule has 1 aromatic carbocycles. The van der Waals surface area contributed by atoms with Crippen LogP contribution in [0.25, 0.3) is 0 Å². The molecule has 84 valence electrons. The van der Waals surface area contributed by atoms with Crippen molar-refractivity contribution in [2.75, 3.05) is 12.3 Å². The van der Waals surface area contributed by atoms with Crippen molar-refractivity contribution in [1.82, 2.24) is 0 Å². The van der Waals surface area contributed by atoms with Gasteiger partial charge >= 0.3 is 0 Å². The minimum atomic E-state index is -4.68. The summed E-state index contributed by atoms with van der Waals surface area (Å²) in [5.41, 5.74) is 2.62. The second kappa shape index (κ2) is 4.74. The Morgan fingerprint density at radius 1 is 1.53 bits per heavy atom. The molecule has 0 heterocycles. The second-order valence-electron chi connectivity index (χ2n) is 2.96. The standard InChI is InChI=1S/C10H15NO3S/c1-2-15(13,14)9-5-3-8(4-6-9)10(11)7-12/h3-6,10,12H,2,7,11H2,1H3/i1D3,2D2. The first-order valence-electron chi connectivity index (χ1n) is 6.66. The molecule has 0 radical (unpaired) electrons. The Morgan fingerprint density at radius 3 is 2.60 bits per heavy atom.